The van der Waals surface area contributed by atoms with Gasteiger partial charge in [0.15, 0.2) is 0 Å². The highest BCUT2D eigenvalue weighted by atomic mass is 32.2. The Morgan fingerprint density at radius 3 is 1.17 bits per heavy atom. The predicted octanol–water partition coefficient (Wildman–Crippen LogP) is 14.7. The van der Waals surface area contributed by atoms with Gasteiger partial charge in [0.1, 0.15) is 11.5 Å². The molecule has 0 spiro atoms. The molecule has 3 aromatic carbocycles. The summed E-state index contributed by atoms with van der Waals surface area (Å²) >= 11 is 1.77. The molecule has 0 aliphatic rings. The molecular weight excluding hydrogens is 776 g/mol. The van der Waals surface area contributed by atoms with Crippen LogP contribution in [0.4, 0.5) is 13.2 Å². The van der Waals surface area contributed by atoms with Crippen LogP contribution in [0.15, 0.2) is 114 Å². The van der Waals surface area contributed by atoms with Gasteiger partial charge in [-0.15, -0.1) is 24.9 Å². The monoisotopic (exact) mass is 835 g/mol. The molecule has 0 saturated carbocycles. The number of hydrogen-bond donors (Lipinski definition) is 0. The summed E-state index contributed by atoms with van der Waals surface area (Å²) in [4.78, 5) is 15.5. The summed E-state index contributed by atoms with van der Waals surface area (Å²) in [6, 6.07) is 35.0. The van der Waals surface area contributed by atoms with Gasteiger partial charge >= 0.3 is 6.36 Å². The number of pyridine rings is 3. The van der Waals surface area contributed by atoms with E-state index in [2.05, 4.69) is 132 Å². The van der Waals surface area contributed by atoms with Crippen molar-refractivity contribution in [3.05, 3.63) is 143 Å². The minimum absolute atomic E-state index is 0.0583. The van der Waals surface area contributed by atoms with Gasteiger partial charge in [-0.05, 0) is 117 Å². The van der Waals surface area contributed by atoms with Crippen LogP contribution in [-0.4, -0.2) is 34.7 Å². The molecule has 0 aliphatic heterocycles. The van der Waals surface area contributed by atoms with Gasteiger partial charge in [0.05, 0.1) is 24.2 Å². The number of aromatic nitrogens is 3. The van der Waals surface area contributed by atoms with E-state index in [1.165, 1.54) is 33.7 Å². The topological polar surface area (TPSA) is 57.1 Å². The molecular formula is C51H60F3N3O2S. The van der Waals surface area contributed by atoms with Crippen molar-refractivity contribution < 1.29 is 22.6 Å². The highest BCUT2D eigenvalue weighted by Crippen LogP contribution is 2.33. The lowest BCUT2D eigenvalue weighted by Crippen LogP contribution is -2.17. The molecule has 0 saturated heterocycles. The van der Waals surface area contributed by atoms with Crippen LogP contribution in [0.1, 0.15) is 96.1 Å². The second kappa shape index (κ2) is 19.5. The summed E-state index contributed by atoms with van der Waals surface area (Å²) in [7, 11) is 1.69. The number of alkyl halides is 3. The first-order valence-corrected chi connectivity index (χ1v) is 21.2. The second-order valence-electron chi connectivity index (χ2n) is 17.9. The minimum atomic E-state index is -4.70. The van der Waals surface area contributed by atoms with E-state index in [0.717, 1.165) is 45.3 Å². The Morgan fingerprint density at radius 1 is 0.467 bits per heavy atom. The summed E-state index contributed by atoms with van der Waals surface area (Å²) in [5.41, 5.74) is 12.2. The molecule has 0 fully saturated rings. The van der Waals surface area contributed by atoms with Gasteiger partial charge in [0, 0.05) is 54.9 Å². The number of halogens is 3. The van der Waals surface area contributed by atoms with Gasteiger partial charge in [-0.1, -0.05) is 98.7 Å². The van der Waals surface area contributed by atoms with E-state index >= 15 is 0 Å². The highest BCUT2D eigenvalue weighted by molar-refractivity contribution is 7.98. The molecule has 0 amide bonds. The molecule has 60 heavy (non-hydrogen) atoms. The zero-order valence-corrected chi connectivity index (χ0v) is 38.4. The van der Waals surface area contributed by atoms with Crippen LogP contribution in [0.2, 0.25) is 0 Å². The molecule has 318 valence electrons. The van der Waals surface area contributed by atoms with Crippen molar-refractivity contribution in [3.63, 3.8) is 0 Å². The Hall–Kier alpha value is -5.15. The molecule has 0 radical (unpaired) electrons. The third-order valence-electron chi connectivity index (χ3n) is 9.71. The van der Waals surface area contributed by atoms with Gasteiger partial charge in [-0.2, -0.15) is 0 Å². The van der Waals surface area contributed by atoms with E-state index in [1.807, 2.05) is 52.0 Å². The third-order valence-corrected chi connectivity index (χ3v) is 10.4. The number of aryl methyl sites for hydroxylation is 3. The van der Waals surface area contributed by atoms with Crippen molar-refractivity contribution in [1.82, 2.24) is 15.0 Å². The van der Waals surface area contributed by atoms with Gasteiger partial charge in [0.2, 0.25) is 0 Å². The summed E-state index contributed by atoms with van der Waals surface area (Å²) in [6.45, 7) is 25.3. The standard InChI is InChI=1S/C17H18F3NO.C17H21NO.C17H21NS/c1-11-8-9-12(22-17(18,19)20)10-13(11)14-6-5-7-15(21-14)16(2,3)4;2*1-12-9-10-13(19-5)11-14(12)15-7-6-8-16(18-15)17(2,3)4/h5-10H,1-4H3;2*6-11H,1-5H3. The number of hydrogen-bond acceptors (Lipinski definition) is 6. The molecule has 0 atom stereocenters. The smallest absolute Gasteiger partial charge is 0.497 e. The highest BCUT2D eigenvalue weighted by Gasteiger charge is 2.31. The predicted molar refractivity (Wildman–Crippen MR) is 244 cm³/mol. The van der Waals surface area contributed by atoms with Gasteiger partial charge in [-0.25, -0.2) is 0 Å². The van der Waals surface area contributed by atoms with E-state index in [-0.39, 0.29) is 22.0 Å². The molecule has 6 rings (SSSR count). The average molecular weight is 836 g/mol. The fraction of sp³-hybridized carbons (Fsp3) is 0.353. The lowest BCUT2D eigenvalue weighted by atomic mass is 9.91. The summed E-state index contributed by atoms with van der Waals surface area (Å²) in [5, 5.41) is 0. The van der Waals surface area contributed by atoms with Crippen molar-refractivity contribution in [2.24, 2.45) is 0 Å². The summed E-state index contributed by atoms with van der Waals surface area (Å²) in [5.74, 6) is 0.625. The summed E-state index contributed by atoms with van der Waals surface area (Å²) < 4.78 is 46.4. The van der Waals surface area contributed by atoms with Crippen molar-refractivity contribution in [1.29, 1.82) is 0 Å². The Balaban J connectivity index is 0.000000199. The largest absolute Gasteiger partial charge is 0.573 e. The van der Waals surface area contributed by atoms with Crippen LogP contribution in [0.25, 0.3) is 33.8 Å². The van der Waals surface area contributed by atoms with Crippen LogP contribution in [0.3, 0.4) is 0 Å². The second-order valence-corrected chi connectivity index (χ2v) is 18.7. The molecule has 9 heteroatoms. The van der Waals surface area contributed by atoms with Crippen LogP contribution >= 0.6 is 11.8 Å². The van der Waals surface area contributed by atoms with Crippen LogP contribution < -0.4 is 9.47 Å². The molecule has 5 nitrogen and oxygen atoms in total. The van der Waals surface area contributed by atoms with E-state index in [0.29, 0.717) is 11.3 Å². The minimum Gasteiger partial charge on any atom is -0.497 e. The fourth-order valence-corrected chi connectivity index (χ4v) is 6.53. The molecule has 3 aromatic heterocycles. The quantitative estimate of drug-likeness (QED) is 0.156. The molecule has 0 N–H and O–H groups in total. The molecule has 0 unspecified atom stereocenters. The molecule has 0 bridgehead atoms. The number of methoxy groups -OCH3 is 1. The van der Waals surface area contributed by atoms with E-state index in [9.17, 15) is 13.2 Å². The average Bonchev–Trinajstić information content (AvgIpc) is 3.18. The zero-order valence-electron chi connectivity index (χ0n) is 37.6. The van der Waals surface area contributed by atoms with Crippen LogP contribution in [0.5, 0.6) is 11.5 Å². The van der Waals surface area contributed by atoms with E-state index in [1.54, 1.807) is 31.0 Å². The number of ether oxygens (including phenoxy) is 2. The van der Waals surface area contributed by atoms with Crippen molar-refractivity contribution in [2.45, 2.75) is 111 Å². The zero-order chi connectivity index (χ0) is 44.6. The van der Waals surface area contributed by atoms with Crippen molar-refractivity contribution >= 4 is 11.8 Å². The van der Waals surface area contributed by atoms with Crippen LogP contribution in [0, 0.1) is 20.8 Å². The first kappa shape index (κ1) is 47.5. The first-order chi connectivity index (χ1) is 27.9. The number of nitrogens with zero attached hydrogens (tertiary/aromatic N) is 3. The Bertz CT molecular complexity index is 2260. The van der Waals surface area contributed by atoms with E-state index in [4.69, 9.17) is 14.7 Å². The lowest BCUT2D eigenvalue weighted by molar-refractivity contribution is -0.274. The summed E-state index contributed by atoms with van der Waals surface area (Å²) in [6.07, 6.45) is -2.60. The molecule has 6 aromatic rings. The number of thioether (sulfide) groups is 1. The van der Waals surface area contributed by atoms with Crippen molar-refractivity contribution in [3.8, 4) is 45.3 Å². The SMILES string of the molecule is COc1ccc(C)c(-c2cccc(C(C)(C)C)n2)c1.CSc1ccc(C)c(-c2cccc(C(C)(C)C)n2)c1.Cc1ccc(OC(F)(F)F)cc1-c1cccc(C(C)(C)C)n1. The lowest BCUT2D eigenvalue weighted by Gasteiger charge is -2.19. The molecule has 0 aliphatic carbocycles. The third kappa shape index (κ3) is 13.4. The first-order valence-electron chi connectivity index (χ1n) is 20.0. The fourth-order valence-electron chi connectivity index (χ4n) is 6.09. The van der Waals surface area contributed by atoms with Crippen molar-refractivity contribution in [2.75, 3.05) is 13.4 Å². The number of rotatable bonds is 6. The normalized spacial score (nSPS) is 11.8. The Kier molecular flexibility index (Phi) is 15.4. The van der Waals surface area contributed by atoms with Gasteiger partial charge < -0.3 is 9.47 Å². The maximum absolute atomic E-state index is 12.4. The maximum atomic E-state index is 12.4. The number of benzene rings is 3. The van der Waals surface area contributed by atoms with Gasteiger partial charge in [0.25, 0.3) is 0 Å². The van der Waals surface area contributed by atoms with Gasteiger partial charge in [-0.3, -0.25) is 15.0 Å². The maximum Gasteiger partial charge on any atom is 0.573 e. The van der Waals surface area contributed by atoms with Crippen LogP contribution in [-0.2, 0) is 16.2 Å². The molecule has 3 heterocycles. The Labute approximate surface area is 360 Å². The Morgan fingerprint density at radius 2 is 0.817 bits per heavy atom. The van der Waals surface area contributed by atoms with E-state index < -0.39 is 6.36 Å².